The second-order valence-corrected chi connectivity index (χ2v) is 7.61. The zero-order valence-electron chi connectivity index (χ0n) is 18.0. The van der Waals surface area contributed by atoms with Crippen molar-refractivity contribution in [1.29, 1.82) is 0 Å². The van der Waals surface area contributed by atoms with Crippen molar-refractivity contribution in [2.75, 3.05) is 31.1 Å². The van der Waals surface area contributed by atoms with Crippen LogP contribution in [0.2, 0.25) is 0 Å². The van der Waals surface area contributed by atoms with Gasteiger partial charge in [-0.25, -0.2) is 24.2 Å². The zero-order chi connectivity index (χ0) is 24.1. The molecule has 1 saturated heterocycles. The summed E-state index contributed by atoms with van der Waals surface area (Å²) in [6.45, 7) is 1.66. The summed E-state index contributed by atoms with van der Waals surface area (Å²) in [5.74, 6) is -1.41. The molecule has 2 amide bonds. The number of rotatable bonds is 5. The monoisotopic (exact) mass is 465 g/mol. The van der Waals surface area contributed by atoms with Crippen molar-refractivity contribution in [2.45, 2.75) is 0 Å². The maximum Gasteiger partial charge on any atom is 0.277 e. The van der Waals surface area contributed by atoms with Gasteiger partial charge in [-0.1, -0.05) is 24.3 Å². The van der Waals surface area contributed by atoms with Gasteiger partial charge >= 0.3 is 0 Å². The number of aromatic nitrogens is 2. The van der Waals surface area contributed by atoms with Gasteiger partial charge in [0.15, 0.2) is 0 Å². The van der Waals surface area contributed by atoms with Gasteiger partial charge in [0.2, 0.25) is 5.95 Å². The molecular weight excluding hydrogens is 444 g/mol. The van der Waals surface area contributed by atoms with E-state index in [2.05, 4.69) is 9.97 Å². The Labute approximate surface area is 194 Å². The summed E-state index contributed by atoms with van der Waals surface area (Å²) in [6, 6.07) is 11.5. The van der Waals surface area contributed by atoms with Gasteiger partial charge in [0.1, 0.15) is 11.6 Å². The summed E-state index contributed by atoms with van der Waals surface area (Å²) in [6.07, 6.45) is 4.21. The van der Waals surface area contributed by atoms with Crippen molar-refractivity contribution in [3.8, 4) is 0 Å². The number of benzene rings is 2. The van der Waals surface area contributed by atoms with E-state index in [-0.39, 0.29) is 11.5 Å². The summed E-state index contributed by atoms with van der Waals surface area (Å²) in [5.41, 5.74) is 3.02. The van der Waals surface area contributed by atoms with Gasteiger partial charge in [0.05, 0.1) is 5.56 Å². The van der Waals surface area contributed by atoms with Crippen LogP contribution in [0.25, 0.3) is 11.6 Å². The van der Waals surface area contributed by atoms with Gasteiger partial charge in [-0.3, -0.25) is 14.8 Å². The smallest absolute Gasteiger partial charge is 0.277 e. The van der Waals surface area contributed by atoms with Crippen LogP contribution in [0.1, 0.15) is 21.5 Å². The fourth-order valence-corrected chi connectivity index (χ4v) is 3.61. The Kier molecular flexibility index (Phi) is 6.88. The molecule has 2 N–H and O–H groups in total. The first kappa shape index (κ1) is 23.0. The number of hydroxylamine groups is 1. The number of carbonyl (C=O) groups is 2. The molecule has 1 aromatic heterocycles. The van der Waals surface area contributed by atoms with Crippen LogP contribution >= 0.6 is 0 Å². The Balaban J connectivity index is 1.51. The highest BCUT2D eigenvalue weighted by Gasteiger charge is 2.26. The van der Waals surface area contributed by atoms with Crippen LogP contribution in [0.15, 0.2) is 60.9 Å². The molecule has 1 aliphatic rings. The standard InChI is InChI=1S/C24H21F2N5O3/c25-19-6-4-17(5-7-19)21(13-16-2-1-3-20(26)12-16)23(33)30-8-10-31(11-9-30)24-27-14-18(15-28-24)22(32)29-34/h1-7,12-15,34H,8-11H2,(H,29,32)/b21-13+. The van der Waals surface area contributed by atoms with Crippen LogP contribution in [-0.4, -0.2) is 58.1 Å². The molecule has 4 rings (SSSR count). The second kappa shape index (κ2) is 10.2. The number of piperazine rings is 1. The van der Waals surface area contributed by atoms with E-state index in [9.17, 15) is 18.4 Å². The lowest BCUT2D eigenvalue weighted by atomic mass is 10.0. The normalized spacial score (nSPS) is 14.1. The van der Waals surface area contributed by atoms with Crippen molar-refractivity contribution in [3.05, 3.63) is 89.2 Å². The Morgan fingerprint density at radius 2 is 1.59 bits per heavy atom. The van der Waals surface area contributed by atoms with Crippen molar-refractivity contribution in [3.63, 3.8) is 0 Å². The van der Waals surface area contributed by atoms with Gasteiger partial charge in [-0.05, 0) is 41.5 Å². The highest BCUT2D eigenvalue weighted by Crippen LogP contribution is 2.23. The lowest BCUT2D eigenvalue weighted by Gasteiger charge is -2.35. The molecule has 2 aromatic carbocycles. The maximum atomic E-state index is 13.7. The van der Waals surface area contributed by atoms with Crippen molar-refractivity contribution >= 4 is 29.4 Å². The number of amides is 2. The summed E-state index contributed by atoms with van der Waals surface area (Å²) in [5, 5.41) is 8.69. The molecule has 0 unspecified atom stereocenters. The molecule has 1 fully saturated rings. The molecule has 1 aliphatic heterocycles. The van der Waals surface area contributed by atoms with Crippen molar-refractivity contribution in [1.82, 2.24) is 20.3 Å². The third-order valence-electron chi connectivity index (χ3n) is 5.40. The van der Waals surface area contributed by atoms with Crippen molar-refractivity contribution in [2.24, 2.45) is 0 Å². The highest BCUT2D eigenvalue weighted by atomic mass is 19.1. The van der Waals surface area contributed by atoms with Gasteiger partial charge in [-0.2, -0.15) is 0 Å². The van der Waals surface area contributed by atoms with E-state index in [1.807, 2.05) is 4.90 Å². The van der Waals surface area contributed by atoms with Crippen LogP contribution < -0.4 is 10.4 Å². The number of anilines is 1. The molecule has 3 aromatic rings. The first-order chi connectivity index (χ1) is 16.4. The first-order valence-electron chi connectivity index (χ1n) is 10.5. The number of hydrogen-bond donors (Lipinski definition) is 2. The molecule has 0 saturated carbocycles. The molecule has 2 heterocycles. The molecule has 174 valence electrons. The topological polar surface area (TPSA) is 98.7 Å². The van der Waals surface area contributed by atoms with Gasteiger partial charge < -0.3 is 9.80 Å². The molecule has 34 heavy (non-hydrogen) atoms. The quantitative estimate of drug-likeness (QED) is 0.260. The van der Waals surface area contributed by atoms with Crippen LogP contribution in [0.4, 0.5) is 14.7 Å². The lowest BCUT2D eigenvalue weighted by molar-refractivity contribution is -0.125. The molecule has 10 heteroatoms. The third-order valence-corrected chi connectivity index (χ3v) is 5.40. The summed E-state index contributed by atoms with van der Waals surface area (Å²) in [4.78, 5) is 36.7. The molecule has 0 spiro atoms. The minimum atomic E-state index is -0.708. The predicted octanol–water partition coefficient (Wildman–Crippen LogP) is 2.76. The Morgan fingerprint density at radius 3 is 2.21 bits per heavy atom. The summed E-state index contributed by atoms with van der Waals surface area (Å²) in [7, 11) is 0. The van der Waals surface area contributed by atoms with Crippen LogP contribution in [0.5, 0.6) is 0 Å². The summed E-state index contributed by atoms with van der Waals surface area (Å²) >= 11 is 0. The number of carbonyl (C=O) groups excluding carboxylic acids is 2. The minimum Gasteiger partial charge on any atom is -0.337 e. The largest absolute Gasteiger partial charge is 0.337 e. The van der Waals surface area contributed by atoms with Gasteiger partial charge in [0.25, 0.3) is 11.8 Å². The molecule has 8 nitrogen and oxygen atoms in total. The van der Waals surface area contributed by atoms with E-state index in [0.717, 1.165) is 0 Å². The maximum absolute atomic E-state index is 13.7. The summed E-state index contributed by atoms with van der Waals surface area (Å²) < 4.78 is 27.2. The van der Waals surface area contributed by atoms with E-state index in [4.69, 9.17) is 5.21 Å². The minimum absolute atomic E-state index is 0.117. The zero-order valence-corrected chi connectivity index (χ0v) is 18.0. The molecule has 0 bridgehead atoms. The van der Waals surface area contributed by atoms with Crippen LogP contribution in [0, 0.1) is 11.6 Å². The van der Waals surface area contributed by atoms with Crippen LogP contribution in [-0.2, 0) is 4.79 Å². The fraction of sp³-hybridized carbons (Fsp3) is 0.167. The lowest BCUT2D eigenvalue weighted by Crippen LogP contribution is -2.49. The number of nitrogens with one attached hydrogen (secondary N) is 1. The van der Waals surface area contributed by atoms with Gasteiger partial charge in [0, 0.05) is 44.1 Å². The number of halogens is 2. The Morgan fingerprint density at radius 1 is 0.912 bits per heavy atom. The second-order valence-electron chi connectivity index (χ2n) is 7.61. The first-order valence-corrected chi connectivity index (χ1v) is 10.5. The average molecular weight is 465 g/mol. The van der Waals surface area contributed by atoms with Gasteiger partial charge in [-0.15, -0.1) is 0 Å². The number of nitrogens with zero attached hydrogens (tertiary/aromatic N) is 4. The Hall–Kier alpha value is -4.18. The van der Waals surface area contributed by atoms with E-state index >= 15 is 0 Å². The molecular formula is C24H21F2N5O3. The van der Waals surface area contributed by atoms with E-state index in [1.54, 1.807) is 23.1 Å². The fourth-order valence-electron chi connectivity index (χ4n) is 3.61. The third kappa shape index (κ3) is 5.24. The van der Waals surface area contributed by atoms with E-state index in [0.29, 0.717) is 48.8 Å². The van der Waals surface area contributed by atoms with E-state index < -0.39 is 17.5 Å². The Bertz CT molecular complexity index is 1210. The molecule has 0 aliphatic carbocycles. The highest BCUT2D eigenvalue weighted by molar-refractivity contribution is 6.24. The van der Waals surface area contributed by atoms with E-state index in [1.165, 1.54) is 54.3 Å². The van der Waals surface area contributed by atoms with Crippen molar-refractivity contribution < 1.29 is 23.6 Å². The molecule has 0 atom stereocenters. The predicted molar refractivity (Wildman–Crippen MR) is 121 cm³/mol. The SMILES string of the molecule is O=C(NO)c1cnc(N2CCN(C(=O)/C(=C/c3cccc(F)c3)c3ccc(F)cc3)CC2)nc1. The number of hydrogen-bond acceptors (Lipinski definition) is 6. The average Bonchev–Trinajstić information content (AvgIpc) is 2.87. The van der Waals surface area contributed by atoms with Crippen LogP contribution in [0.3, 0.4) is 0 Å². The molecule has 0 radical (unpaired) electrons.